The molecule has 5 fully saturated rings. The number of hydrogen-bond donors (Lipinski definition) is 1. The highest BCUT2D eigenvalue weighted by molar-refractivity contribution is 5.67. The lowest BCUT2D eigenvalue weighted by Gasteiger charge is -2.60. The second-order valence-electron chi connectivity index (χ2n) is 8.82. The molecule has 4 heterocycles. The van der Waals surface area contributed by atoms with Gasteiger partial charge in [0.25, 0.3) is 0 Å². The molecular weight excluding hydrogens is 340 g/mol. The van der Waals surface area contributed by atoms with Gasteiger partial charge < -0.3 is 19.3 Å². The molecule has 148 valence electrons. The van der Waals surface area contributed by atoms with Crippen molar-refractivity contribution in [1.29, 1.82) is 0 Å². The Balaban J connectivity index is 1.63. The molecule has 1 N–H and O–H groups in total. The van der Waals surface area contributed by atoms with E-state index in [0.717, 1.165) is 25.7 Å². The fraction of sp³-hybridized carbons (Fsp3) is 0.947. The second-order valence-corrected chi connectivity index (χ2v) is 8.82. The molecule has 5 aliphatic rings. The molecule has 0 amide bonds. The fourth-order valence-corrected chi connectivity index (χ4v) is 5.55. The Morgan fingerprint density at radius 2 is 2.00 bits per heavy atom. The zero-order chi connectivity index (χ0) is 18.7. The first kappa shape index (κ1) is 18.6. The third-order valence-corrected chi connectivity index (χ3v) is 6.93. The monoisotopic (exact) mass is 370 g/mol. The van der Waals surface area contributed by atoms with Crippen LogP contribution in [0, 0.1) is 23.7 Å². The Hall–Kier alpha value is -0.730. The van der Waals surface area contributed by atoms with E-state index in [4.69, 9.17) is 29.1 Å². The molecule has 4 aliphatic heterocycles. The number of hydrogen-bond acceptors (Lipinski definition) is 6. The maximum absolute atomic E-state index is 11.0. The molecule has 1 saturated carbocycles. The van der Waals surface area contributed by atoms with Crippen molar-refractivity contribution in [2.75, 3.05) is 0 Å². The van der Waals surface area contributed by atoms with Crippen LogP contribution in [-0.4, -0.2) is 41.1 Å². The number of fused-ring (bicyclic) bond motifs is 2. The van der Waals surface area contributed by atoms with E-state index in [1.165, 1.54) is 0 Å². The topological polar surface area (TPSA) is 83.5 Å². The first-order valence-corrected chi connectivity index (χ1v) is 9.82. The van der Waals surface area contributed by atoms with Gasteiger partial charge in [-0.25, -0.2) is 9.78 Å². The molecule has 5 rings (SSSR count). The molecule has 26 heavy (non-hydrogen) atoms. The molecule has 0 aromatic rings. The summed E-state index contributed by atoms with van der Waals surface area (Å²) < 4.78 is 18.5. The van der Waals surface area contributed by atoms with Gasteiger partial charge in [0.2, 0.25) is 5.79 Å². The maximum Gasteiger partial charge on any atom is 0.305 e. The number of carboxylic acids is 1. The summed E-state index contributed by atoms with van der Waals surface area (Å²) in [7, 11) is 0. The van der Waals surface area contributed by atoms with E-state index in [2.05, 4.69) is 13.8 Å². The summed E-state index contributed by atoms with van der Waals surface area (Å²) in [5.74, 6) is -0.608. The zero-order valence-electron chi connectivity index (χ0n) is 16.0. The Morgan fingerprint density at radius 3 is 2.73 bits per heavy atom. The lowest BCUT2D eigenvalue weighted by Crippen LogP contribution is -2.70. The van der Waals surface area contributed by atoms with Gasteiger partial charge in [0.05, 0.1) is 12.5 Å². The molecule has 0 aromatic carbocycles. The lowest BCUT2D eigenvalue weighted by atomic mass is 9.58. The summed E-state index contributed by atoms with van der Waals surface area (Å²) in [6, 6.07) is 0. The van der Waals surface area contributed by atoms with Crippen LogP contribution in [0.15, 0.2) is 0 Å². The lowest BCUT2D eigenvalue weighted by molar-refractivity contribution is -0.578. The van der Waals surface area contributed by atoms with Crippen LogP contribution in [0.2, 0.25) is 0 Å². The maximum atomic E-state index is 11.0. The van der Waals surface area contributed by atoms with Crippen molar-refractivity contribution in [1.82, 2.24) is 0 Å². The van der Waals surface area contributed by atoms with Crippen molar-refractivity contribution in [3.05, 3.63) is 0 Å². The summed E-state index contributed by atoms with van der Waals surface area (Å²) in [4.78, 5) is 22.8. The van der Waals surface area contributed by atoms with Gasteiger partial charge in [-0.1, -0.05) is 13.8 Å². The van der Waals surface area contributed by atoms with Gasteiger partial charge >= 0.3 is 5.97 Å². The van der Waals surface area contributed by atoms with Gasteiger partial charge in [-0.05, 0) is 44.9 Å². The van der Waals surface area contributed by atoms with Crippen molar-refractivity contribution in [3.8, 4) is 0 Å². The average Bonchev–Trinajstić information content (AvgIpc) is 2.78. The fourth-order valence-electron chi connectivity index (χ4n) is 5.55. The van der Waals surface area contributed by atoms with E-state index in [0.29, 0.717) is 11.8 Å². The van der Waals surface area contributed by atoms with Crippen molar-refractivity contribution < 1.29 is 33.9 Å². The quantitative estimate of drug-likeness (QED) is 0.761. The number of carboxylic acid groups (broad SMARTS) is 1. The predicted molar refractivity (Wildman–Crippen MR) is 89.6 cm³/mol. The van der Waals surface area contributed by atoms with Crippen LogP contribution >= 0.6 is 0 Å². The van der Waals surface area contributed by atoms with Crippen molar-refractivity contribution in [3.63, 3.8) is 0 Å². The van der Waals surface area contributed by atoms with Gasteiger partial charge in [-0.2, -0.15) is 0 Å². The number of carbonyl (C=O) groups is 1. The van der Waals surface area contributed by atoms with E-state index in [9.17, 15) is 4.79 Å². The van der Waals surface area contributed by atoms with E-state index in [1.807, 2.05) is 6.92 Å². The normalized spacial score (nSPS) is 51.4. The second kappa shape index (κ2) is 6.41. The summed E-state index contributed by atoms with van der Waals surface area (Å²) in [5.41, 5.74) is -0.608. The molecule has 1 aliphatic carbocycles. The SMILES string of the molecule is C[C@H]1[C@@H](O[C@@H](C)CC(=O)O)O[C@@H]2O[C@]3(C)CC[C@H]4[C@H](C)CC[C@@H]1[C@@]24OO3. The minimum atomic E-state index is -0.877. The van der Waals surface area contributed by atoms with Crippen LogP contribution in [0.5, 0.6) is 0 Å². The summed E-state index contributed by atoms with van der Waals surface area (Å²) in [5, 5.41) is 9.01. The zero-order valence-corrected chi connectivity index (χ0v) is 16.0. The number of ether oxygens (including phenoxy) is 3. The van der Waals surface area contributed by atoms with Crippen LogP contribution in [0.3, 0.4) is 0 Å². The Morgan fingerprint density at radius 1 is 1.23 bits per heavy atom. The van der Waals surface area contributed by atoms with Crippen LogP contribution < -0.4 is 0 Å². The molecule has 2 bridgehead atoms. The van der Waals surface area contributed by atoms with Crippen LogP contribution in [-0.2, 0) is 28.8 Å². The molecule has 1 spiro atoms. The Labute approximate surface area is 154 Å². The Bertz CT molecular complexity index is 568. The Kier molecular flexibility index (Phi) is 4.59. The molecular formula is C19H30O7. The van der Waals surface area contributed by atoms with Crippen molar-refractivity contribution in [2.45, 2.75) is 89.9 Å². The first-order chi connectivity index (χ1) is 12.2. The molecule has 0 aromatic heterocycles. The molecule has 4 saturated heterocycles. The summed E-state index contributed by atoms with van der Waals surface area (Å²) in [6.45, 7) is 8.03. The van der Waals surface area contributed by atoms with Crippen LogP contribution in [0.25, 0.3) is 0 Å². The highest BCUT2D eigenvalue weighted by Crippen LogP contribution is 2.60. The van der Waals surface area contributed by atoms with E-state index >= 15 is 0 Å². The van der Waals surface area contributed by atoms with E-state index < -0.39 is 36.0 Å². The van der Waals surface area contributed by atoms with Crippen molar-refractivity contribution in [2.24, 2.45) is 23.7 Å². The highest BCUT2D eigenvalue weighted by atomic mass is 17.3. The minimum Gasteiger partial charge on any atom is -0.481 e. The van der Waals surface area contributed by atoms with E-state index in [-0.39, 0.29) is 18.3 Å². The standard InChI is InChI=1S/C19H30O7/c1-10-5-6-14-12(3)16(22-11(2)9-15(20)21)23-17-19(14)13(10)7-8-18(4,24-17)25-26-19/h10-14,16-17H,5-9H2,1-4H3,(H,20,21)/t10-,11+,12-,13+,14+,16+,17-,18+,19-/m1/s1. The van der Waals surface area contributed by atoms with Gasteiger partial charge in [0.1, 0.15) is 0 Å². The average molecular weight is 370 g/mol. The van der Waals surface area contributed by atoms with E-state index in [1.54, 1.807) is 6.92 Å². The largest absolute Gasteiger partial charge is 0.481 e. The predicted octanol–water partition coefficient (Wildman–Crippen LogP) is 3.07. The summed E-state index contributed by atoms with van der Waals surface area (Å²) >= 11 is 0. The first-order valence-electron chi connectivity index (χ1n) is 9.82. The third kappa shape index (κ3) is 2.79. The highest BCUT2D eigenvalue weighted by Gasteiger charge is 2.69. The van der Waals surface area contributed by atoms with Crippen molar-refractivity contribution >= 4 is 5.97 Å². The molecule has 0 unspecified atom stereocenters. The van der Waals surface area contributed by atoms with Crippen LogP contribution in [0.1, 0.15) is 59.8 Å². The number of rotatable bonds is 4. The van der Waals surface area contributed by atoms with Gasteiger partial charge in [0, 0.05) is 18.3 Å². The molecule has 7 nitrogen and oxygen atoms in total. The third-order valence-electron chi connectivity index (χ3n) is 6.93. The van der Waals surface area contributed by atoms with Crippen LogP contribution in [0.4, 0.5) is 0 Å². The summed E-state index contributed by atoms with van der Waals surface area (Å²) in [6.07, 6.45) is 2.34. The minimum absolute atomic E-state index is 0.0507. The van der Waals surface area contributed by atoms with Gasteiger partial charge in [0.15, 0.2) is 18.2 Å². The molecule has 9 atom stereocenters. The molecule has 0 radical (unpaired) electrons. The smallest absolute Gasteiger partial charge is 0.305 e. The number of aliphatic carboxylic acids is 1. The van der Waals surface area contributed by atoms with Gasteiger partial charge in [-0.3, -0.25) is 4.79 Å². The van der Waals surface area contributed by atoms with Gasteiger partial charge in [-0.15, -0.1) is 0 Å². The molecule has 7 heteroatoms.